The molecule has 0 radical (unpaired) electrons. The van der Waals surface area contributed by atoms with Crippen LogP contribution in [-0.4, -0.2) is 49.1 Å². The van der Waals surface area contributed by atoms with Crippen LogP contribution in [0.4, 0.5) is 0 Å². The predicted octanol–water partition coefficient (Wildman–Crippen LogP) is 1.72. The SMILES string of the molecule is Cc1noc(C)c1CN=C(NCCc1cccs1)NCC(=O)N(C)C. The molecule has 25 heavy (non-hydrogen) atoms. The van der Waals surface area contributed by atoms with E-state index in [2.05, 4.69) is 32.2 Å². The van der Waals surface area contributed by atoms with Crippen LogP contribution in [0.25, 0.3) is 0 Å². The Hall–Kier alpha value is -2.35. The lowest BCUT2D eigenvalue weighted by Gasteiger charge is -2.14. The number of aromatic nitrogens is 1. The highest BCUT2D eigenvalue weighted by Crippen LogP contribution is 2.13. The first-order chi connectivity index (χ1) is 12.0. The van der Waals surface area contributed by atoms with Crippen molar-refractivity contribution >= 4 is 23.2 Å². The van der Waals surface area contributed by atoms with Gasteiger partial charge in [0.1, 0.15) is 5.76 Å². The van der Waals surface area contributed by atoms with Gasteiger partial charge in [-0.2, -0.15) is 0 Å². The molecule has 0 spiro atoms. The molecule has 0 saturated carbocycles. The smallest absolute Gasteiger partial charge is 0.241 e. The molecule has 2 aromatic heterocycles. The maximum absolute atomic E-state index is 11.8. The minimum atomic E-state index is -0.00917. The molecule has 2 aromatic rings. The van der Waals surface area contributed by atoms with Crippen molar-refractivity contribution in [3.63, 3.8) is 0 Å². The average Bonchev–Trinajstić information content (AvgIpc) is 3.20. The maximum atomic E-state index is 11.8. The van der Waals surface area contributed by atoms with Crippen molar-refractivity contribution in [2.24, 2.45) is 4.99 Å². The zero-order valence-electron chi connectivity index (χ0n) is 15.1. The van der Waals surface area contributed by atoms with E-state index in [9.17, 15) is 4.79 Å². The zero-order chi connectivity index (χ0) is 18.2. The lowest BCUT2D eigenvalue weighted by Crippen LogP contribution is -2.43. The zero-order valence-corrected chi connectivity index (χ0v) is 15.9. The van der Waals surface area contributed by atoms with Crippen molar-refractivity contribution in [2.75, 3.05) is 27.2 Å². The van der Waals surface area contributed by atoms with E-state index in [1.807, 2.05) is 19.9 Å². The molecule has 0 fully saturated rings. The van der Waals surface area contributed by atoms with Crippen molar-refractivity contribution in [1.82, 2.24) is 20.7 Å². The van der Waals surface area contributed by atoms with Gasteiger partial charge in [-0.25, -0.2) is 4.99 Å². The maximum Gasteiger partial charge on any atom is 0.241 e. The van der Waals surface area contributed by atoms with E-state index in [-0.39, 0.29) is 12.5 Å². The van der Waals surface area contributed by atoms with Crippen LogP contribution >= 0.6 is 11.3 Å². The van der Waals surface area contributed by atoms with Gasteiger partial charge in [0.15, 0.2) is 5.96 Å². The van der Waals surface area contributed by atoms with E-state index in [0.717, 1.165) is 30.0 Å². The Balaban J connectivity index is 1.97. The second kappa shape index (κ2) is 9.22. The molecule has 0 aliphatic rings. The number of guanidine groups is 1. The van der Waals surface area contributed by atoms with Crippen molar-refractivity contribution in [2.45, 2.75) is 26.8 Å². The largest absolute Gasteiger partial charge is 0.361 e. The van der Waals surface area contributed by atoms with Gasteiger partial charge >= 0.3 is 0 Å². The van der Waals surface area contributed by atoms with Gasteiger partial charge < -0.3 is 20.1 Å². The number of aliphatic imine (C=N–C) groups is 1. The Morgan fingerprint density at radius 1 is 1.36 bits per heavy atom. The fraction of sp³-hybridized carbons (Fsp3) is 0.471. The summed E-state index contributed by atoms with van der Waals surface area (Å²) in [6, 6.07) is 4.15. The molecule has 136 valence electrons. The molecule has 0 bridgehead atoms. The number of thiophene rings is 1. The first-order valence-corrected chi connectivity index (χ1v) is 9.01. The molecule has 0 saturated heterocycles. The quantitative estimate of drug-likeness (QED) is 0.578. The highest BCUT2D eigenvalue weighted by Gasteiger charge is 2.10. The lowest BCUT2D eigenvalue weighted by atomic mass is 10.2. The minimum absolute atomic E-state index is 0.00917. The summed E-state index contributed by atoms with van der Waals surface area (Å²) in [6.45, 7) is 5.15. The molecule has 2 N–H and O–H groups in total. The second-order valence-electron chi connectivity index (χ2n) is 5.87. The van der Waals surface area contributed by atoms with Crippen LogP contribution in [0.1, 0.15) is 21.9 Å². The summed E-state index contributed by atoms with van der Waals surface area (Å²) in [5.41, 5.74) is 1.81. The van der Waals surface area contributed by atoms with Crippen molar-refractivity contribution in [3.8, 4) is 0 Å². The highest BCUT2D eigenvalue weighted by molar-refractivity contribution is 7.09. The molecule has 2 rings (SSSR count). The van der Waals surface area contributed by atoms with Crippen LogP contribution in [0.5, 0.6) is 0 Å². The summed E-state index contributed by atoms with van der Waals surface area (Å²) in [5.74, 6) is 1.36. The average molecular weight is 363 g/mol. The second-order valence-corrected chi connectivity index (χ2v) is 6.90. The summed E-state index contributed by atoms with van der Waals surface area (Å²) in [6.07, 6.45) is 0.908. The first kappa shape index (κ1) is 19.0. The Bertz CT molecular complexity index is 687. The van der Waals surface area contributed by atoms with Gasteiger partial charge in [0, 0.05) is 31.1 Å². The van der Waals surface area contributed by atoms with E-state index >= 15 is 0 Å². The molecule has 0 aliphatic heterocycles. The monoisotopic (exact) mass is 363 g/mol. The number of hydrogen-bond donors (Lipinski definition) is 2. The van der Waals surface area contributed by atoms with Crippen molar-refractivity contribution in [1.29, 1.82) is 0 Å². The number of nitrogens with one attached hydrogen (secondary N) is 2. The van der Waals surface area contributed by atoms with Gasteiger partial charge in [-0.05, 0) is 31.7 Å². The van der Waals surface area contributed by atoms with Gasteiger partial charge in [0.05, 0.1) is 18.8 Å². The van der Waals surface area contributed by atoms with E-state index in [1.54, 1.807) is 30.3 Å². The number of carbonyl (C=O) groups excluding carboxylic acids is 1. The summed E-state index contributed by atoms with van der Waals surface area (Å²) in [4.78, 5) is 19.2. The molecule has 1 amide bonds. The third-order valence-electron chi connectivity index (χ3n) is 3.73. The lowest BCUT2D eigenvalue weighted by molar-refractivity contribution is -0.127. The Labute approximate surface area is 152 Å². The van der Waals surface area contributed by atoms with Gasteiger partial charge in [-0.1, -0.05) is 11.2 Å². The van der Waals surface area contributed by atoms with E-state index in [4.69, 9.17) is 4.52 Å². The van der Waals surface area contributed by atoms with Crippen molar-refractivity contribution < 1.29 is 9.32 Å². The van der Waals surface area contributed by atoms with E-state index in [0.29, 0.717) is 12.5 Å². The number of hydrogen-bond acceptors (Lipinski definition) is 5. The third-order valence-corrected chi connectivity index (χ3v) is 4.66. The molecule has 0 atom stereocenters. The van der Waals surface area contributed by atoms with Gasteiger partial charge in [0.2, 0.25) is 5.91 Å². The molecule has 0 unspecified atom stereocenters. The number of nitrogens with zero attached hydrogens (tertiary/aromatic N) is 3. The van der Waals surface area contributed by atoms with Gasteiger partial charge in [-0.3, -0.25) is 4.79 Å². The fourth-order valence-electron chi connectivity index (χ4n) is 2.14. The summed E-state index contributed by atoms with van der Waals surface area (Å²) < 4.78 is 5.17. The molecule has 8 heteroatoms. The molecular weight excluding hydrogens is 338 g/mol. The molecule has 0 aliphatic carbocycles. The van der Waals surface area contributed by atoms with Gasteiger partial charge in [0.25, 0.3) is 0 Å². The molecule has 0 aromatic carbocycles. The highest BCUT2D eigenvalue weighted by atomic mass is 32.1. The van der Waals surface area contributed by atoms with Crippen LogP contribution in [0.2, 0.25) is 0 Å². The Kier molecular flexibility index (Phi) is 7.00. The number of carbonyl (C=O) groups is 1. The Morgan fingerprint density at radius 3 is 2.76 bits per heavy atom. The number of aryl methyl sites for hydroxylation is 2. The minimum Gasteiger partial charge on any atom is -0.361 e. The number of amides is 1. The van der Waals surface area contributed by atoms with Gasteiger partial charge in [-0.15, -0.1) is 11.3 Å². The first-order valence-electron chi connectivity index (χ1n) is 8.14. The van der Waals surface area contributed by atoms with Crippen LogP contribution in [0, 0.1) is 13.8 Å². The fourth-order valence-corrected chi connectivity index (χ4v) is 2.85. The van der Waals surface area contributed by atoms with Crippen molar-refractivity contribution in [3.05, 3.63) is 39.4 Å². The topological polar surface area (TPSA) is 82.8 Å². The van der Waals surface area contributed by atoms with Crippen LogP contribution in [0.3, 0.4) is 0 Å². The summed E-state index contributed by atoms with van der Waals surface area (Å²) in [5, 5.41) is 12.4. The summed E-state index contributed by atoms with van der Waals surface area (Å²) in [7, 11) is 3.46. The standard InChI is InChI=1S/C17H25N5O2S/c1-12-15(13(2)24-21-12)10-19-17(20-11-16(23)22(3)4)18-8-7-14-6-5-9-25-14/h5-6,9H,7-8,10-11H2,1-4H3,(H2,18,19,20). The Morgan fingerprint density at radius 2 is 2.16 bits per heavy atom. The van der Waals surface area contributed by atoms with E-state index in [1.165, 1.54) is 4.88 Å². The number of likely N-dealkylation sites (N-methyl/N-ethyl adjacent to an activating group) is 1. The molecule has 7 nitrogen and oxygen atoms in total. The predicted molar refractivity (Wildman–Crippen MR) is 99.8 cm³/mol. The third kappa shape index (κ3) is 5.90. The molecular formula is C17H25N5O2S. The summed E-state index contributed by atoms with van der Waals surface area (Å²) >= 11 is 1.73. The molecule has 2 heterocycles. The van der Waals surface area contributed by atoms with Crippen LogP contribution < -0.4 is 10.6 Å². The van der Waals surface area contributed by atoms with Crippen LogP contribution in [-0.2, 0) is 17.8 Å². The normalized spacial score (nSPS) is 11.4. The van der Waals surface area contributed by atoms with E-state index < -0.39 is 0 Å². The van der Waals surface area contributed by atoms with Crippen LogP contribution in [0.15, 0.2) is 27.0 Å². The number of rotatable bonds is 7.